The number of ether oxygens (including phenoxy) is 1. The van der Waals surface area contributed by atoms with Crippen LogP contribution in [0, 0.1) is 0 Å². The lowest BCUT2D eigenvalue weighted by atomic mass is 10.0. The van der Waals surface area contributed by atoms with Crippen molar-refractivity contribution in [2.75, 3.05) is 0 Å². The molecule has 2 heteroatoms. The fourth-order valence-corrected chi connectivity index (χ4v) is 1.82. The van der Waals surface area contributed by atoms with Gasteiger partial charge in [0.25, 0.3) is 0 Å². The van der Waals surface area contributed by atoms with Gasteiger partial charge in [-0.15, -0.1) is 0 Å². The Labute approximate surface area is 101 Å². The smallest absolute Gasteiger partial charge is 0.150 e. The van der Waals surface area contributed by atoms with Crippen LogP contribution in [0.5, 0.6) is 5.75 Å². The van der Waals surface area contributed by atoms with Gasteiger partial charge in [-0.05, 0) is 38.3 Å². The minimum absolute atomic E-state index is 0.245. The first kappa shape index (κ1) is 11.6. The van der Waals surface area contributed by atoms with Crippen LogP contribution in [0.3, 0.4) is 0 Å². The zero-order valence-corrected chi connectivity index (χ0v) is 10.4. The van der Waals surface area contributed by atoms with Gasteiger partial charge in [-0.3, -0.25) is 4.79 Å². The molecule has 0 atom stereocenters. The number of benzene rings is 2. The van der Waals surface area contributed by atoms with E-state index in [-0.39, 0.29) is 5.60 Å². The molecule has 0 aliphatic heterocycles. The lowest BCUT2D eigenvalue weighted by molar-refractivity contribution is 0.112. The maximum absolute atomic E-state index is 11.0. The molecule has 0 amide bonds. The van der Waals surface area contributed by atoms with Crippen LogP contribution in [0.15, 0.2) is 36.4 Å². The SMILES string of the molecule is CC(C)(C)Oc1ccc(C=O)c2ccccc12. The van der Waals surface area contributed by atoms with Crippen molar-refractivity contribution < 1.29 is 9.53 Å². The molecule has 17 heavy (non-hydrogen) atoms. The van der Waals surface area contributed by atoms with Crippen molar-refractivity contribution in [3.05, 3.63) is 42.0 Å². The number of fused-ring (bicyclic) bond motifs is 1. The van der Waals surface area contributed by atoms with Gasteiger partial charge in [0.2, 0.25) is 0 Å². The molecule has 2 aromatic carbocycles. The Morgan fingerprint density at radius 2 is 1.65 bits per heavy atom. The highest BCUT2D eigenvalue weighted by Gasteiger charge is 2.14. The van der Waals surface area contributed by atoms with Gasteiger partial charge in [0, 0.05) is 10.9 Å². The summed E-state index contributed by atoms with van der Waals surface area (Å²) in [5, 5.41) is 1.91. The van der Waals surface area contributed by atoms with E-state index in [1.807, 2.05) is 51.1 Å². The van der Waals surface area contributed by atoms with E-state index in [4.69, 9.17) is 4.74 Å². The van der Waals surface area contributed by atoms with Gasteiger partial charge in [-0.1, -0.05) is 24.3 Å². The summed E-state index contributed by atoms with van der Waals surface area (Å²) in [7, 11) is 0. The van der Waals surface area contributed by atoms with Crippen LogP contribution in [0.25, 0.3) is 10.8 Å². The molecule has 0 bridgehead atoms. The Hall–Kier alpha value is -1.83. The Morgan fingerprint density at radius 1 is 1.00 bits per heavy atom. The minimum Gasteiger partial charge on any atom is -0.488 e. The molecule has 88 valence electrons. The fraction of sp³-hybridized carbons (Fsp3) is 0.267. The Kier molecular flexibility index (Phi) is 2.88. The highest BCUT2D eigenvalue weighted by molar-refractivity contribution is 6.00. The zero-order chi connectivity index (χ0) is 12.5. The van der Waals surface area contributed by atoms with Crippen LogP contribution in [0.1, 0.15) is 31.1 Å². The molecule has 0 N–H and O–H groups in total. The molecule has 2 rings (SSSR count). The number of carbonyl (C=O) groups is 1. The lowest BCUT2D eigenvalue weighted by Gasteiger charge is -2.22. The average Bonchev–Trinajstić information content (AvgIpc) is 2.28. The van der Waals surface area contributed by atoms with Crippen molar-refractivity contribution in [3.63, 3.8) is 0 Å². The first-order valence-corrected chi connectivity index (χ1v) is 5.67. The normalized spacial score (nSPS) is 11.5. The maximum atomic E-state index is 11.0. The van der Waals surface area contributed by atoms with Crippen molar-refractivity contribution in [2.24, 2.45) is 0 Å². The Morgan fingerprint density at radius 3 is 2.24 bits per heavy atom. The summed E-state index contributed by atoms with van der Waals surface area (Å²) >= 11 is 0. The molecule has 0 saturated carbocycles. The van der Waals surface area contributed by atoms with Crippen LogP contribution >= 0.6 is 0 Å². The highest BCUT2D eigenvalue weighted by Crippen LogP contribution is 2.30. The molecule has 0 radical (unpaired) electrons. The Balaban J connectivity index is 2.62. The fourth-order valence-electron chi connectivity index (χ4n) is 1.82. The lowest BCUT2D eigenvalue weighted by Crippen LogP contribution is -2.23. The summed E-state index contributed by atoms with van der Waals surface area (Å²) < 4.78 is 5.90. The molecular formula is C15H16O2. The van der Waals surface area contributed by atoms with Gasteiger partial charge in [0.05, 0.1) is 0 Å². The third-order valence-electron chi connectivity index (χ3n) is 2.46. The van der Waals surface area contributed by atoms with Crippen LogP contribution in [-0.2, 0) is 0 Å². The van der Waals surface area contributed by atoms with E-state index in [0.717, 1.165) is 22.8 Å². The molecule has 0 aliphatic carbocycles. The van der Waals surface area contributed by atoms with Crippen LogP contribution in [0.2, 0.25) is 0 Å². The standard InChI is InChI=1S/C15H16O2/c1-15(2,3)17-14-9-8-11(10-16)12-6-4-5-7-13(12)14/h4-10H,1-3H3. The van der Waals surface area contributed by atoms with Gasteiger partial charge in [0.1, 0.15) is 11.4 Å². The number of hydrogen-bond donors (Lipinski definition) is 0. The maximum Gasteiger partial charge on any atom is 0.150 e. The van der Waals surface area contributed by atoms with Gasteiger partial charge < -0.3 is 4.74 Å². The van der Waals surface area contributed by atoms with Gasteiger partial charge in [-0.2, -0.15) is 0 Å². The van der Waals surface area contributed by atoms with Gasteiger partial charge in [-0.25, -0.2) is 0 Å². The van der Waals surface area contributed by atoms with Crippen molar-refractivity contribution in [3.8, 4) is 5.75 Å². The molecule has 0 unspecified atom stereocenters. The number of carbonyl (C=O) groups excluding carboxylic acids is 1. The molecule has 2 aromatic rings. The summed E-state index contributed by atoms with van der Waals surface area (Å²) in [5.41, 5.74) is 0.452. The van der Waals surface area contributed by atoms with Crippen LogP contribution < -0.4 is 4.74 Å². The summed E-state index contributed by atoms with van der Waals surface area (Å²) in [6.07, 6.45) is 0.878. The molecule has 0 fully saturated rings. The second-order valence-electron chi connectivity index (χ2n) is 5.03. The highest BCUT2D eigenvalue weighted by atomic mass is 16.5. The number of aldehydes is 1. The van der Waals surface area contributed by atoms with Gasteiger partial charge in [0.15, 0.2) is 6.29 Å². The predicted molar refractivity (Wildman–Crippen MR) is 69.7 cm³/mol. The van der Waals surface area contributed by atoms with Crippen molar-refractivity contribution in [1.29, 1.82) is 0 Å². The van der Waals surface area contributed by atoms with E-state index >= 15 is 0 Å². The largest absolute Gasteiger partial charge is 0.488 e. The van der Waals surface area contributed by atoms with E-state index in [2.05, 4.69) is 0 Å². The molecule has 0 aromatic heterocycles. The van der Waals surface area contributed by atoms with Crippen molar-refractivity contribution >= 4 is 17.1 Å². The molecule has 0 aliphatic rings. The summed E-state index contributed by atoms with van der Waals surface area (Å²) in [5.74, 6) is 0.818. The number of hydrogen-bond acceptors (Lipinski definition) is 2. The number of rotatable bonds is 2. The van der Waals surface area contributed by atoms with Crippen molar-refractivity contribution in [1.82, 2.24) is 0 Å². The molecule has 0 saturated heterocycles. The molecule has 2 nitrogen and oxygen atoms in total. The predicted octanol–water partition coefficient (Wildman–Crippen LogP) is 3.83. The first-order valence-electron chi connectivity index (χ1n) is 5.67. The third kappa shape index (κ3) is 2.47. The van der Waals surface area contributed by atoms with E-state index < -0.39 is 0 Å². The average molecular weight is 228 g/mol. The quantitative estimate of drug-likeness (QED) is 0.730. The summed E-state index contributed by atoms with van der Waals surface area (Å²) in [6.45, 7) is 6.03. The van der Waals surface area contributed by atoms with E-state index in [1.165, 1.54) is 0 Å². The van der Waals surface area contributed by atoms with Crippen LogP contribution in [-0.4, -0.2) is 11.9 Å². The van der Waals surface area contributed by atoms with Gasteiger partial charge >= 0.3 is 0 Å². The minimum atomic E-state index is -0.245. The Bertz CT molecular complexity index is 550. The van der Waals surface area contributed by atoms with E-state index in [9.17, 15) is 4.79 Å². The van der Waals surface area contributed by atoms with E-state index in [1.54, 1.807) is 6.07 Å². The first-order chi connectivity index (χ1) is 8.01. The molecular weight excluding hydrogens is 212 g/mol. The monoisotopic (exact) mass is 228 g/mol. The molecule has 0 spiro atoms. The van der Waals surface area contributed by atoms with Crippen molar-refractivity contribution in [2.45, 2.75) is 26.4 Å². The summed E-state index contributed by atoms with van der Waals surface area (Å²) in [6, 6.07) is 11.5. The third-order valence-corrected chi connectivity index (χ3v) is 2.46. The van der Waals surface area contributed by atoms with E-state index in [0.29, 0.717) is 5.56 Å². The molecule has 0 heterocycles. The second-order valence-corrected chi connectivity index (χ2v) is 5.03. The zero-order valence-electron chi connectivity index (χ0n) is 10.4. The summed E-state index contributed by atoms with van der Waals surface area (Å²) in [4.78, 5) is 11.0. The second kappa shape index (κ2) is 4.21. The van der Waals surface area contributed by atoms with Crippen LogP contribution in [0.4, 0.5) is 0 Å². The topological polar surface area (TPSA) is 26.3 Å².